The molecule has 0 aliphatic rings. The third-order valence-corrected chi connectivity index (χ3v) is 5.13. The molecule has 102 valence electrons. The third kappa shape index (κ3) is 2.67. The van der Waals surface area contributed by atoms with Crippen molar-refractivity contribution >= 4 is 72.5 Å². The molecule has 0 saturated heterocycles. The van der Waals surface area contributed by atoms with Gasteiger partial charge in [-0.25, -0.2) is 4.79 Å². The van der Waals surface area contributed by atoms with Crippen LogP contribution in [0.5, 0.6) is 0 Å². The lowest BCUT2D eigenvalue weighted by Gasteiger charge is -2.06. The molecule has 0 aliphatic carbocycles. The van der Waals surface area contributed by atoms with Gasteiger partial charge >= 0.3 is 5.69 Å². The number of fused-ring (bicyclic) bond motifs is 1. The van der Waals surface area contributed by atoms with E-state index in [1.54, 1.807) is 12.1 Å². The molecule has 2 aromatic heterocycles. The van der Waals surface area contributed by atoms with E-state index >= 15 is 0 Å². The maximum atomic E-state index is 12.1. The Balaban J connectivity index is 1.95. The maximum Gasteiger partial charge on any atom is 0.323 e. The summed E-state index contributed by atoms with van der Waals surface area (Å²) in [4.78, 5) is 28.7. The normalized spacial score (nSPS) is 10.9. The molecule has 5 nitrogen and oxygen atoms in total. The predicted octanol–water partition coefficient (Wildman–Crippen LogP) is 3.54. The zero-order valence-corrected chi connectivity index (χ0v) is 14.4. The molecule has 8 heteroatoms. The van der Waals surface area contributed by atoms with Crippen LogP contribution in [-0.2, 0) is 0 Å². The molecule has 0 unspecified atom stereocenters. The van der Waals surface area contributed by atoms with E-state index in [-0.39, 0.29) is 11.6 Å². The van der Waals surface area contributed by atoms with Crippen molar-refractivity contribution in [2.24, 2.45) is 0 Å². The molecule has 3 aromatic rings. The van der Waals surface area contributed by atoms with Gasteiger partial charge in [0.15, 0.2) is 0 Å². The molecule has 1 amide bonds. The number of aromatic nitrogens is 2. The molecule has 0 fully saturated rings. The Labute approximate surface area is 139 Å². The number of benzene rings is 1. The van der Waals surface area contributed by atoms with Crippen LogP contribution in [0.4, 0.5) is 5.69 Å². The fourth-order valence-corrected chi connectivity index (χ4v) is 3.54. The van der Waals surface area contributed by atoms with Crippen LogP contribution in [0.15, 0.2) is 32.8 Å². The van der Waals surface area contributed by atoms with Crippen molar-refractivity contribution in [1.29, 1.82) is 0 Å². The van der Waals surface area contributed by atoms with E-state index < -0.39 is 0 Å². The minimum atomic E-state index is -0.275. The second kappa shape index (κ2) is 5.34. The summed E-state index contributed by atoms with van der Waals surface area (Å²) in [6.45, 7) is 0. The molecule has 1 aromatic carbocycles. The number of nitrogens with one attached hydrogen (secondary N) is 3. The van der Waals surface area contributed by atoms with Crippen molar-refractivity contribution in [1.82, 2.24) is 9.97 Å². The van der Waals surface area contributed by atoms with Gasteiger partial charge in [0.2, 0.25) is 0 Å². The van der Waals surface area contributed by atoms with Gasteiger partial charge in [0.25, 0.3) is 5.91 Å². The van der Waals surface area contributed by atoms with Crippen LogP contribution in [-0.4, -0.2) is 15.9 Å². The highest BCUT2D eigenvalue weighted by Gasteiger charge is 2.11. The quantitative estimate of drug-likeness (QED) is 0.508. The van der Waals surface area contributed by atoms with Crippen molar-refractivity contribution in [2.45, 2.75) is 0 Å². The van der Waals surface area contributed by atoms with Gasteiger partial charge in [-0.1, -0.05) is 0 Å². The molecule has 0 spiro atoms. The summed E-state index contributed by atoms with van der Waals surface area (Å²) in [7, 11) is 0. The molecule has 0 aliphatic heterocycles. The molecule has 20 heavy (non-hydrogen) atoms. The van der Waals surface area contributed by atoms with Crippen LogP contribution in [0.1, 0.15) is 10.4 Å². The molecule has 3 N–H and O–H groups in total. The zero-order valence-electron chi connectivity index (χ0n) is 9.79. The van der Waals surface area contributed by atoms with Gasteiger partial charge in [-0.3, -0.25) is 4.79 Å². The lowest BCUT2D eigenvalue weighted by molar-refractivity contribution is 0.102. The highest BCUT2D eigenvalue weighted by molar-refractivity contribution is 14.1. The fraction of sp³-hybridized carbons (Fsp3) is 0. The van der Waals surface area contributed by atoms with Crippen LogP contribution in [0.3, 0.4) is 0 Å². The largest absolute Gasteiger partial charge is 0.323 e. The van der Waals surface area contributed by atoms with Crippen molar-refractivity contribution in [2.75, 3.05) is 5.32 Å². The average molecular weight is 464 g/mol. The number of imidazole rings is 1. The second-order valence-electron chi connectivity index (χ2n) is 4.05. The van der Waals surface area contributed by atoms with Crippen molar-refractivity contribution in [3.8, 4) is 0 Å². The Morgan fingerprint density at radius 1 is 1.25 bits per heavy atom. The van der Waals surface area contributed by atoms with E-state index in [0.29, 0.717) is 26.8 Å². The number of anilines is 1. The van der Waals surface area contributed by atoms with E-state index in [9.17, 15) is 9.59 Å². The Bertz CT molecular complexity index is 867. The second-order valence-corrected chi connectivity index (χ2v) is 7.71. The van der Waals surface area contributed by atoms with Crippen LogP contribution < -0.4 is 11.0 Å². The number of halogens is 2. The van der Waals surface area contributed by atoms with Crippen LogP contribution in [0, 0.1) is 2.88 Å². The summed E-state index contributed by atoms with van der Waals surface area (Å²) in [6, 6.07) is 5.29. The number of carbonyl (C=O) groups excluding carboxylic acids is 1. The summed E-state index contributed by atoms with van der Waals surface area (Å²) in [5, 5.41) is 4.63. The molecular formula is C12H7BrIN3O2S. The molecule has 0 saturated carbocycles. The van der Waals surface area contributed by atoms with E-state index in [1.807, 2.05) is 11.4 Å². The number of hydrogen-bond acceptors (Lipinski definition) is 3. The number of thiophene rings is 1. The standard InChI is InChI=1S/C12H7BrIN3O2S/c13-6-2-8-9(17-12(19)16-8)3-7(6)15-11(18)5-1-10(14)20-4-5/h1-4H,(H,15,18)(H2,16,17,19). The van der Waals surface area contributed by atoms with E-state index in [4.69, 9.17) is 0 Å². The van der Waals surface area contributed by atoms with E-state index in [0.717, 1.165) is 2.88 Å². The number of H-pyrrole nitrogens is 2. The minimum Gasteiger partial charge on any atom is -0.321 e. The molecule has 0 bridgehead atoms. The van der Waals surface area contributed by atoms with Gasteiger partial charge < -0.3 is 15.3 Å². The topological polar surface area (TPSA) is 77.8 Å². The van der Waals surface area contributed by atoms with Crippen molar-refractivity contribution in [3.63, 3.8) is 0 Å². The highest BCUT2D eigenvalue weighted by atomic mass is 127. The van der Waals surface area contributed by atoms with Crippen molar-refractivity contribution in [3.05, 3.63) is 47.0 Å². The highest BCUT2D eigenvalue weighted by Crippen LogP contribution is 2.27. The summed E-state index contributed by atoms with van der Waals surface area (Å²) in [5.41, 5.74) is 2.29. The number of carbonyl (C=O) groups is 1. The summed E-state index contributed by atoms with van der Waals surface area (Å²) in [5.74, 6) is -0.179. The molecule has 2 heterocycles. The number of hydrogen-bond donors (Lipinski definition) is 3. The van der Waals surface area contributed by atoms with Gasteiger partial charge in [-0.15, -0.1) is 11.3 Å². The van der Waals surface area contributed by atoms with Gasteiger partial charge in [0.05, 0.1) is 25.2 Å². The molecular weight excluding hydrogens is 457 g/mol. The first-order valence-electron chi connectivity index (χ1n) is 5.50. The zero-order chi connectivity index (χ0) is 14.3. The number of aromatic amines is 2. The average Bonchev–Trinajstić information content (AvgIpc) is 2.95. The Kier molecular flexibility index (Phi) is 3.69. The smallest absolute Gasteiger partial charge is 0.321 e. The summed E-state index contributed by atoms with van der Waals surface area (Å²) < 4.78 is 1.76. The van der Waals surface area contributed by atoms with E-state index in [1.165, 1.54) is 11.3 Å². The Hall–Kier alpha value is -1.13. The molecule has 0 atom stereocenters. The van der Waals surface area contributed by atoms with Crippen LogP contribution >= 0.6 is 49.9 Å². The summed E-state index contributed by atoms with van der Waals surface area (Å²) >= 11 is 7.07. The van der Waals surface area contributed by atoms with Gasteiger partial charge in [0.1, 0.15) is 0 Å². The first-order valence-corrected chi connectivity index (χ1v) is 8.25. The van der Waals surface area contributed by atoms with Gasteiger partial charge in [-0.05, 0) is 56.7 Å². The Morgan fingerprint density at radius 3 is 2.60 bits per heavy atom. The number of amides is 1. The SMILES string of the molecule is O=C(Nc1cc2[nH]c(=O)[nH]c2cc1Br)c1csc(I)c1. The number of rotatable bonds is 2. The first-order chi connectivity index (χ1) is 9.52. The summed E-state index contributed by atoms with van der Waals surface area (Å²) in [6.07, 6.45) is 0. The van der Waals surface area contributed by atoms with E-state index in [2.05, 4.69) is 53.8 Å². The predicted molar refractivity (Wildman–Crippen MR) is 91.6 cm³/mol. The molecule has 0 radical (unpaired) electrons. The monoisotopic (exact) mass is 463 g/mol. The van der Waals surface area contributed by atoms with Gasteiger partial charge in [0, 0.05) is 9.85 Å². The van der Waals surface area contributed by atoms with Gasteiger partial charge in [-0.2, -0.15) is 0 Å². The third-order valence-electron chi connectivity index (χ3n) is 2.68. The first kappa shape index (κ1) is 13.8. The van der Waals surface area contributed by atoms with Crippen LogP contribution in [0.2, 0.25) is 0 Å². The fourth-order valence-electron chi connectivity index (χ4n) is 1.78. The minimum absolute atomic E-state index is 0.179. The lowest BCUT2D eigenvalue weighted by Crippen LogP contribution is -2.11. The Morgan fingerprint density at radius 2 is 1.95 bits per heavy atom. The van der Waals surface area contributed by atoms with Crippen LogP contribution in [0.25, 0.3) is 11.0 Å². The molecule has 3 rings (SSSR count). The maximum absolute atomic E-state index is 12.1. The van der Waals surface area contributed by atoms with Crippen molar-refractivity contribution < 1.29 is 4.79 Å². The lowest BCUT2D eigenvalue weighted by atomic mass is 10.2.